The topological polar surface area (TPSA) is 76.1 Å². The molecular weight excluding hydrogens is 363 g/mol. The molecule has 0 radical (unpaired) electrons. The van der Waals surface area contributed by atoms with Crippen molar-refractivity contribution in [1.29, 1.82) is 0 Å². The summed E-state index contributed by atoms with van der Waals surface area (Å²) in [5, 5.41) is 10.9. The van der Waals surface area contributed by atoms with Crippen molar-refractivity contribution in [3.05, 3.63) is 60.7 Å². The molecule has 0 spiro atoms. The minimum Gasteiger partial charge on any atom is -0.462 e. The maximum Gasteiger partial charge on any atom is 0.302 e. The fraction of sp³-hybridized carbons (Fsp3) is 0.381. The molecule has 4 atom stereocenters. The van der Waals surface area contributed by atoms with E-state index in [1.165, 1.54) is 6.92 Å². The molecule has 0 bridgehead atoms. The van der Waals surface area contributed by atoms with E-state index in [4.69, 9.17) is 9.47 Å². The van der Waals surface area contributed by atoms with Gasteiger partial charge in [0.25, 0.3) is 0 Å². The number of ether oxygens (including phenoxy) is 2. The molecule has 0 aliphatic carbocycles. The lowest BCUT2D eigenvalue weighted by atomic mass is 10.1. The van der Waals surface area contributed by atoms with Crippen LogP contribution in [-0.4, -0.2) is 41.7 Å². The molecule has 1 N–H and O–H groups in total. The Balaban J connectivity index is 2.16. The highest BCUT2D eigenvalue weighted by atomic mass is 31.2. The average Bonchev–Trinajstić information content (AvgIpc) is 3.47. The second-order valence-corrected chi connectivity index (χ2v) is 9.64. The van der Waals surface area contributed by atoms with Gasteiger partial charge in [-0.25, -0.2) is 0 Å². The molecule has 1 aliphatic rings. The molecule has 5 nitrogen and oxygen atoms in total. The first kappa shape index (κ1) is 19.8. The van der Waals surface area contributed by atoms with E-state index in [-0.39, 0.29) is 12.7 Å². The number of epoxide rings is 1. The third-order valence-corrected chi connectivity index (χ3v) is 8.54. The first-order valence-electron chi connectivity index (χ1n) is 9.16. The molecule has 0 aromatic heterocycles. The fourth-order valence-electron chi connectivity index (χ4n) is 3.66. The second kappa shape index (κ2) is 8.39. The summed E-state index contributed by atoms with van der Waals surface area (Å²) in [6.07, 6.45) is -0.882. The standard InChI is InChI=1S/C21H25O5P/c1-3-18(25-15(2)23)21(20-19(14-22)26-20)27(24,16-10-6-4-7-11-16)17-12-8-5-9-13-17/h4-13,18-22H,3,14H2,1-2H3/t18-,19-,20+,21-/m0/s1. The second-order valence-electron chi connectivity index (χ2n) is 6.70. The van der Waals surface area contributed by atoms with Crippen molar-refractivity contribution in [3.63, 3.8) is 0 Å². The van der Waals surface area contributed by atoms with Crippen LogP contribution in [0.15, 0.2) is 60.7 Å². The van der Waals surface area contributed by atoms with Crippen molar-refractivity contribution in [3.8, 4) is 0 Å². The largest absolute Gasteiger partial charge is 0.462 e. The molecule has 144 valence electrons. The van der Waals surface area contributed by atoms with Crippen LogP contribution in [0.5, 0.6) is 0 Å². The van der Waals surface area contributed by atoms with E-state index in [9.17, 15) is 14.5 Å². The number of aliphatic hydroxyl groups is 1. The van der Waals surface area contributed by atoms with Gasteiger partial charge in [0, 0.05) is 17.5 Å². The Hall–Kier alpha value is -1.94. The Labute approximate surface area is 159 Å². The van der Waals surface area contributed by atoms with Crippen molar-refractivity contribution >= 4 is 23.7 Å². The Morgan fingerprint density at radius 1 is 1.11 bits per heavy atom. The van der Waals surface area contributed by atoms with Gasteiger partial charge in [-0.3, -0.25) is 4.79 Å². The van der Waals surface area contributed by atoms with Crippen molar-refractivity contribution in [2.45, 2.75) is 44.2 Å². The van der Waals surface area contributed by atoms with E-state index in [0.717, 1.165) is 0 Å². The van der Waals surface area contributed by atoms with Gasteiger partial charge in [0.2, 0.25) is 0 Å². The summed E-state index contributed by atoms with van der Waals surface area (Å²) in [4.78, 5) is 11.7. The van der Waals surface area contributed by atoms with Crippen LogP contribution in [-0.2, 0) is 18.8 Å². The maximum absolute atomic E-state index is 14.7. The lowest BCUT2D eigenvalue weighted by Gasteiger charge is -2.33. The van der Waals surface area contributed by atoms with Crippen LogP contribution in [0.25, 0.3) is 0 Å². The molecule has 1 heterocycles. The lowest BCUT2D eigenvalue weighted by Crippen LogP contribution is -2.41. The molecule has 6 heteroatoms. The predicted octanol–water partition coefficient (Wildman–Crippen LogP) is 2.47. The van der Waals surface area contributed by atoms with Crippen LogP contribution in [0, 0.1) is 0 Å². The quantitative estimate of drug-likeness (QED) is 0.427. The van der Waals surface area contributed by atoms with E-state index in [1.54, 1.807) is 0 Å². The molecule has 0 unspecified atom stereocenters. The Bertz CT molecular complexity index is 764. The summed E-state index contributed by atoms with van der Waals surface area (Å²) < 4.78 is 25.9. The van der Waals surface area contributed by atoms with Gasteiger partial charge in [-0.05, 0) is 6.42 Å². The third-order valence-electron chi connectivity index (χ3n) is 4.94. The van der Waals surface area contributed by atoms with Gasteiger partial charge in [0.05, 0.1) is 12.3 Å². The lowest BCUT2D eigenvalue weighted by molar-refractivity contribution is -0.146. The van der Waals surface area contributed by atoms with E-state index in [1.807, 2.05) is 67.6 Å². The van der Waals surface area contributed by atoms with Crippen molar-refractivity contribution in [2.24, 2.45) is 0 Å². The van der Waals surface area contributed by atoms with Crippen LogP contribution < -0.4 is 10.6 Å². The highest BCUT2D eigenvalue weighted by Gasteiger charge is 2.56. The summed E-state index contributed by atoms with van der Waals surface area (Å²) in [7, 11) is -3.22. The SMILES string of the molecule is CC[C@H](OC(C)=O)[C@@H]([C@@H]1O[C@H]1CO)P(=O)(c1ccccc1)c1ccccc1. The van der Waals surface area contributed by atoms with Crippen LogP contribution in [0.3, 0.4) is 0 Å². The zero-order valence-corrected chi connectivity index (χ0v) is 16.4. The fourth-order valence-corrected chi connectivity index (χ4v) is 7.29. The van der Waals surface area contributed by atoms with Gasteiger partial charge in [-0.1, -0.05) is 67.6 Å². The van der Waals surface area contributed by atoms with Gasteiger partial charge in [0.15, 0.2) is 7.14 Å². The molecule has 2 aromatic rings. The summed E-state index contributed by atoms with van der Waals surface area (Å²) in [6.45, 7) is 3.10. The molecule has 2 aromatic carbocycles. The van der Waals surface area contributed by atoms with E-state index < -0.39 is 31.0 Å². The number of benzene rings is 2. The van der Waals surface area contributed by atoms with Gasteiger partial charge < -0.3 is 19.1 Å². The van der Waals surface area contributed by atoms with Gasteiger partial charge in [-0.2, -0.15) is 0 Å². The number of aliphatic hydroxyl groups excluding tert-OH is 1. The van der Waals surface area contributed by atoms with Gasteiger partial charge >= 0.3 is 5.97 Å². The minimum atomic E-state index is -3.22. The maximum atomic E-state index is 14.7. The predicted molar refractivity (Wildman–Crippen MR) is 105 cm³/mol. The van der Waals surface area contributed by atoms with Crippen LogP contribution in [0.4, 0.5) is 0 Å². The summed E-state index contributed by atoms with van der Waals surface area (Å²) in [5.74, 6) is -0.416. The number of hydrogen-bond donors (Lipinski definition) is 1. The molecule has 1 saturated heterocycles. The zero-order chi connectivity index (χ0) is 19.4. The number of esters is 1. The van der Waals surface area contributed by atoms with Crippen molar-refractivity contribution < 1.29 is 23.9 Å². The molecule has 27 heavy (non-hydrogen) atoms. The normalized spacial score (nSPS) is 21.3. The minimum absolute atomic E-state index is 0.152. The number of carbonyl (C=O) groups excluding carboxylic acids is 1. The molecule has 3 rings (SSSR count). The van der Waals surface area contributed by atoms with Crippen LogP contribution in [0.2, 0.25) is 0 Å². The number of carbonyl (C=O) groups is 1. The van der Waals surface area contributed by atoms with Crippen molar-refractivity contribution in [2.75, 3.05) is 6.61 Å². The zero-order valence-electron chi connectivity index (χ0n) is 15.5. The molecule has 1 fully saturated rings. The summed E-state index contributed by atoms with van der Waals surface area (Å²) in [6, 6.07) is 18.5. The Morgan fingerprint density at radius 2 is 1.63 bits per heavy atom. The highest BCUT2D eigenvalue weighted by Crippen LogP contribution is 2.56. The molecule has 0 saturated carbocycles. The summed E-state index contributed by atoms with van der Waals surface area (Å²) >= 11 is 0. The first-order valence-corrected chi connectivity index (χ1v) is 10.9. The Kier molecular flexibility index (Phi) is 6.15. The summed E-state index contributed by atoms with van der Waals surface area (Å²) in [5.41, 5.74) is -0.562. The van der Waals surface area contributed by atoms with E-state index >= 15 is 0 Å². The van der Waals surface area contributed by atoms with Crippen LogP contribution >= 0.6 is 7.14 Å². The first-order chi connectivity index (χ1) is 13.0. The average molecular weight is 388 g/mol. The molecular formula is C21H25O5P. The van der Waals surface area contributed by atoms with Gasteiger partial charge in [0.1, 0.15) is 18.3 Å². The van der Waals surface area contributed by atoms with Crippen molar-refractivity contribution in [1.82, 2.24) is 0 Å². The smallest absolute Gasteiger partial charge is 0.302 e. The molecule has 0 amide bonds. The molecule has 1 aliphatic heterocycles. The van der Waals surface area contributed by atoms with E-state index in [2.05, 4.69) is 0 Å². The third kappa shape index (κ3) is 4.01. The Morgan fingerprint density at radius 3 is 2.00 bits per heavy atom. The van der Waals surface area contributed by atoms with Gasteiger partial charge in [-0.15, -0.1) is 0 Å². The number of rotatable bonds is 8. The number of hydrogen-bond acceptors (Lipinski definition) is 5. The monoisotopic (exact) mass is 388 g/mol. The van der Waals surface area contributed by atoms with Crippen LogP contribution in [0.1, 0.15) is 20.3 Å². The van der Waals surface area contributed by atoms with E-state index in [0.29, 0.717) is 17.0 Å². The highest BCUT2D eigenvalue weighted by molar-refractivity contribution is 7.79.